The third-order valence-corrected chi connectivity index (χ3v) is 4.17. The first-order valence-electron chi connectivity index (χ1n) is 7.15. The molecule has 2 nitrogen and oxygen atoms in total. The van der Waals surface area contributed by atoms with Crippen LogP contribution in [-0.4, -0.2) is 6.10 Å². The van der Waals surface area contributed by atoms with E-state index in [9.17, 15) is 0 Å². The Balaban J connectivity index is 2.07. The molecule has 0 amide bonds. The summed E-state index contributed by atoms with van der Waals surface area (Å²) >= 11 is 0. The third-order valence-electron chi connectivity index (χ3n) is 4.17. The van der Waals surface area contributed by atoms with Crippen molar-refractivity contribution in [3.05, 3.63) is 42.2 Å². The first kappa shape index (κ1) is 13.3. The highest BCUT2D eigenvalue weighted by atomic mass is 16.5. The van der Waals surface area contributed by atoms with Crippen LogP contribution < -0.4 is 4.74 Å². The average Bonchev–Trinajstić information content (AvgIpc) is 2.95. The van der Waals surface area contributed by atoms with E-state index in [1.807, 2.05) is 12.1 Å². The molecule has 0 N–H and O–H groups in total. The molecule has 1 aromatic carbocycles. The maximum Gasteiger partial charge on any atom is 0.133 e. The van der Waals surface area contributed by atoms with Gasteiger partial charge in [0.2, 0.25) is 0 Å². The molecule has 0 bridgehead atoms. The van der Waals surface area contributed by atoms with Crippen LogP contribution in [0.1, 0.15) is 40.2 Å². The fourth-order valence-corrected chi connectivity index (χ4v) is 3.41. The smallest absolute Gasteiger partial charge is 0.133 e. The molecule has 1 aliphatic heterocycles. The lowest BCUT2D eigenvalue weighted by Gasteiger charge is -2.36. The Morgan fingerprint density at radius 2 is 1.85 bits per heavy atom. The highest BCUT2D eigenvalue weighted by Gasteiger charge is 2.47. The second kappa shape index (κ2) is 4.15. The highest BCUT2D eigenvalue weighted by Crippen LogP contribution is 2.49. The number of hydrogen-bond donors (Lipinski definition) is 0. The summed E-state index contributed by atoms with van der Waals surface area (Å²) in [6.45, 7) is 11.2. The van der Waals surface area contributed by atoms with E-state index in [4.69, 9.17) is 9.15 Å². The predicted octanol–water partition coefficient (Wildman–Crippen LogP) is 5.03. The quantitative estimate of drug-likeness (QED) is 0.725. The SMILES string of the molecule is CC(C)(C)C1Oc2ccc(-c3ccco3)cc2C1(C)C. The molecule has 0 radical (unpaired) electrons. The predicted molar refractivity (Wildman–Crippen MR) is 81.0 cm³/mol. The number of benzene rings is 1. The van der Waals surface area contributed by atoms with Gasteiger partial charge in [0.15, 0.2) is 0 Å². The summed E-state index contributed by atoms with van der Waals surface area (Å²) in [6.07, 6.45) is 1.89. The van der Waals surface area contributed by atoms with Gasteiger partial charge in [-0.05, 0) is 35.7 Å². The number of hydrogen-bond acceptors (Lipinski definition) is 2. The molecule has 20 heavy (non-hydrogen) atoms. The largest absolute Gasteiger partial charge is 0.489 e. The molecule has 3 rings (SSSR count). The Morgan fingerprint density at radius 1 is 1.10 bits per heavy atom. The van der Waals surface area contributed by atoms with Gasteiger partial charge in [-0.15, -0.1) is 0 Å². The van der Waals surface area contributed by atoms with Crippen LogP contribution in [0.2, 0.25) is 0 Å². The van der Waals surface area contributed by atoms with Crippen molar-refractivity contribution in [3.8, 4) is 17.1 Å². The van der Waals surface area contributed by atoms with E-state index in [2.05, 4.69) is 52.8 Å². The minimum atomic E-state index is -0.00378. The summed E-state index contributed by atoms with van der Waals surface area (Å²) in [7, 11) is 0. The fourth-order valence-electron chi connectivity index (χ4n) is 3.41. The number of furan rings is 1. The highest BCUT2D eigenvalue weighted by molar-refractivity contribution is 5.63. The molecule has 1 atom stereocenters. The average molecular weight is 270 g/mol. The van der Waals surface area contributed by atoms with Crippen molar-refractivity contribution in [2.45, 2.75) is 46.1 Å². The van der Waals surface area contributed by atoms with Gasteiger partial charge in [-0.2, -0.15) is 0 Å². The van der Waals surface area contributed by atoms with Crippen LogP contribution in [0.15, 0.2) is 41.0 Å². The molecule has 2 heterocycles. The monoisotopic (exact) mass is 270 g/mol. The van der Waals surface area contributed by atoms with Gasteiger partial charge in [0.05, 0.1) is 6.26 Å². The summed E-state index contributed by atoms with van der Waals surface area (Å²) in [5.41, 5.74) is 2.48. The van der Waals surface area contributed by atoms with E-state index < -0.39 is 0 Å². The van der Waals surface area contributed by atoms with Crippen LogP contribution in [0, 0.1) is 5.41 Å². The third kappa shape index (κ3) is 1.94. The van der Waals surface area contributed by atoms with Crippen molar-refractivity contribution >= 4 is 0 Å². The molecule has 106 valence electrons. The van der Waals surface area contributed by atoms with Crippen molar-refractivity contribution < 1.29 is 9.15 Å². The van der Waals surface area contributed by atoms with Crippen molar-refractivity contribution in [1.29, 1.82) is 0 Å². The second-order valence-corrected chi connectivity index (χ2v) is 7.27. The standard InChI is InChI=1S/C18H22O2/c1-17(2,3)16-18(4,5)13-11-12(8-9-15(13)20-16)14-7-6-10-19-14/h6-11,16H,1-5H3. The van der Waals surface area contributed by atoms with Crippen LogP contribution >= 0.6 is 0 Å². The Kier molecular flexibility index (Phi) is 2.75. The van der Waals surface area contributed by atoms with Crippen LogP contribution in [0.25, 0.3) is 11.3 Å². The number of ether oxygens (including phenoxy) is 1. The van der Waals surface area contributed by atoms with Gasteiger partial charge in [0.1, 0.15) is 17.6 Å². The van der Waals surface area contributed by atoms with Gasteiger partial charge in [0, 0.05) is 16.5 Å². The van der Waals surface area contributed by atoms with E-state index >= 15 is 0 Å². The Bertz CT molecular complexity index is 615. The van der Waals surface area contributed by atoms with Gasteiger partial charge in [-0.1, -0.05) is 34.6 Å². The summed E-state index contributed by atoms with van der Waals surface area (Å²) in [5, 5.41) is 0. The molecule has 2 heteroatoms. The zero-order valence-electron chi connectivity index (χ0n) is 12.9. The fraction of sp³-hybridized carbons (Fsp3) is 0.444. The molecule has 0 spiro atoms. The summed E-state index contributed by atoms with van der Waals surface area (Å²) < 4.78 is 11.7. The van der Waals surface area contributed by atoms with Crippen LogP contribution in [0.3, 0.4) is 0 Å². The van der Waals surface area contributed by atoms with E-state index in [-0.39, 0.29) is 16.9 Å². The van der Waals surface area contributed by atoms with Crippen LogP contribution in [0.5, 0.6) is 5.75 Å². The Labute approximate surface area is 120 Å². The maximum atomic E-state index is 6.23. The van der Waals surface area contributed by atoms with Gasteiger partial charge in [-0.3, -0.25) is 0 Å². The minimum absolute atomic E-state index is 0.00378. The first-order valence-corrected chi connectivity index (χ1v) is 7.15. The molecule has 0 saturated carbocycles. The molecular weight excluding hydrogens is 248 g/mol. The summed E-state index contributed by atoms with van der Waals surface area (Å²) in [6, 6.07) is 10.3. The molecule has 1 unspecified atom stereocenters. The molecular formula is C18H22O2. The van der Waals surface area contributed by atoms with Gasteiger partial charge < -0.3 is 9.15 Å². The van der Waals surface area contributed by atoms with E-state index in [0.29, 0.717) is 0 Å². The van der Waals surface area contributed by atoms with Crippen molar-refractivity contribution in [2.24, 2.45) is 5.41 Å². The second-order valence-electron chi connectivity index (χ2n) is 7.27. The van der Waals surface area contributed by atoms with E-state index in [1.54, 1.807) is 6.26 Å². The molecule has 1 aromatic heterocycles. The molecule has 0 saturated heterocycles. The Morgan fingerprint density at radius 3 is 2.45 bits per heavy atom. The summed E-state index contributed by atoms with van der Waals surface area (Å²) in [5.74, 6) is 1.91. The number of rotatable bonds is 1. The van der Waals surface area contributed by atoms with Gasteiger partial charge in [0.25, 0.3) is 0 Å². The number of fused-ring (bicyclic) bond motifs is 1. The molecule has 0 aliphatic carbocycles. The lowest BCUT2D eigenvalue weighted by molar-refractivity contribution is 0.0562. The van der Waals surface area contributed by atoms with Crippen molar-refractivity contribution in [3.63, 3.8) is 0 Å². The van der Waals surface area contributed by atoms with E-state index in [1.165, 1.54) is 5.56 Å². The molecule has 0 fully saturated rings. The van der Waals surface area contributed by atoms with Crippen LogP contribution in [0.4, 0.5) is 0 Å². The zero-order chi connectivity index (χ0) is 14.5. The lowest BCUT2D eigenvalue weighted by Crippen LogP contribution is -2.42. The van der Waals surface area contributed by atoms with E-state index in [0.717, 1.165) is 17.1 Å². The molecule has 2 aromatic rings. The minimum Gasteiger partial charge on any atom is -0.489 e. The maximum absolute atomic E-state index is 6.23. The van der Waals surface area contributed by atoms with Gasteiger partial charge >= 0.3 is 0 Å². The summed E-state index contributed by atoms with van der Waals surface area (Å²) in [4.78, 5) is 0. The zero-order valence-corrected chi connectivity index (χ0v) is 12.9. The Hall–Kier alpha value is -1.70. The van der Waals surface area contributed by atoms with Crippen molar-refractivity contribution in [2.75, 3.05) is 0 Å². The van der Waals surface area contributed by atoms with Crippen molar-refractivity contribution in [1.82, 2.24) is 0 Å². The first-order chi connectivity index (χ1) is 9.30. The van der Waals surface area contributed by atoms with Gasteiger partial charge in [-0.25, -0.2) is 0 Å². The topological polar surface area (TPSA) is 22.4 Å². The normalized spacial score (nSPS) is 20.6. The lowest BCUT2D eigenvalue weighted by atomic mass is 9.71. The van der Waals surface area contributed by atoms with Crippen LogP contribution in [-0.2, 0) is 5.41 Å². The molecule has 1 aliphatic rings.